The maximum Gasteiger partial charge on any atom is 1.00 e. The van der Waals surface area contributed by atoms with Crippen LogP contribution < -0.4 is 61.9 Å². The van der Waals surface area contributed by atoms with Gasteiger partial charge in [-0.1, -0.05) is 144 Å². The second kappa shape index (κ2) is 30.3. The number of carbonyl (C=O) groups is 2. The summed E-state index contributed by atoms with van der Waals surface area (Å²) in [4.78, 5) is 26.0. The third-order valence-corrected chi connectivity index (χ3v) is 11.5. The monoisotopic (exact) mass is 998 g/mol. The molecule has 12 heteroatoms. The fourth-order valence-electron chi connectivity index (χ4n) is 8.25. The molecule has 0 amide bonds. The maximum atomic E-state index is 13.0. The minimum absolute atomic E-state index is 0. The van der Waals surface area contributed by atoms with Crippen molar-refractivity contribution in [3.8, 4) is 23.0 Å². The van der Waals surface area contributed by atoms with Gasteiger partial charge >= 0.3 is 41.5 Å². The first kappa shape index (κ1) is 60.6. The molecule has 2 aliphatic rings. The molecule has 8 rings (SSSR count). The van der Waals surface area contributed by atoms with Gasteiger partial charge in [0.2, 0.25) is 0 Å². The van der Waals surface area contributed by atoms with E-state index in [-0.39, 0.29) is 80.5 Å². The van der Waals surface area contributed by atoms with Crippen LogP contribution in [-0.4, -0.2) is 44.4 Å². The summed E-state index contributed by atoms with van der Waals surface area (Å²) in [6, 6.07) is 40.1. The first-order valence-electron chi connectivity index (χ1n) is 22.7. The van der Waals surface area contributed by atoms with Gasteiger partial charge in [0.05, 0.1) is 29.7 Å². The van der Waals surface area contributed by atoms with Crippen molar-refractivity contribution >= 4 is 55.7 Å². The number of benzene rings is 6. The first-order chi connectivity index (χ1) is 31.6. The summed E-state index contributed by atoms with van der Waals surface area (Å²) >= 11 is 9.53. The molecule has 69 heavy (non-hydrogen) atoms. The van der Waals surface area contributed by atoms with Gasteiger partial charge in [0.15, 0.2) is 0 Å². The van der Waals surface area contributed by atoms with Crippen LogP contribution in [0.4, 0.5) is 0 Å². The molecule has 3 radical (unpaired) electrons. The number of unbranched alkanes of at least 4 members (excludes halogenated alkanes) is 6. The van der Waals surface area contributed by atoms with Crippen molar-refractivity contribution in [1.82, 2.24) is 0 Å². The molecular formula is C57H63BCl3NaO7-. The quantitative estimate of drug-likeness (QED) is 0.0497. The number of aryl methyl sites for hydroxylation is 3. The Bertz CT molecular complexity index is 2690. The van der Waals surface area contributed by atoms with Crippen LogP contribution in [0.2, 0.25) is 0 Å². The topological polar surface area (TPSA) is 103 Å². The molecule has 0 unspecified atom stereocenters. The average molecular weight is 1000 g/mol. The number of ether oxygens (including phenoxy) is 4. The third-order valence-electron chi connectivity index (χ3n) is 11.5. The molecule has 2 N–H and O–H groups in total. The summed E-state index contributed by atoms with van der Waals surface area (Å²) in [6.45, 7) is 15.5. The molecule has 0 fully saturated rings. The number of carbonyl (C=O) groups excluding carboxylic acids is 2. The van der Waals surface area contributed by atoms with Crippen LogP contribution in [0.1, 0.15) is 138 Å². The van der Waals surface area contributed by atoms with Crippen molar-refractivity contribution in [3.05, 3.63) is 187 Å². The molecule has 0 atom stereocenters. The summed E-state index contributed by atoms with van der Waals surface area (Å²) in [7, 11) is 0. The van der Waals surface area contributed by atoms with Crippen molar-refractivity contribution in [2.24, 2.45) is 0 Å². The molecule has 2 aliphatic heterocycles. The predicted molar refractivity (Wildman–Crippen MR) is 276 cm³/mol. The van der Waals surface area contributed by atoms with E-state index >= 15 is 0 Å². The summed E-state index contributed by atoms with van der Waals surface area (Å²) < 4.78 is 23.8. The Morgan fingerprint density at radius 1 is 0.580 bits per heavy atom. The zero-order chi connectivity index (χ0) is 46.3. The largest absolute Gasteiger partial charge is 1.00 e. The van der Waals surface area contributed by atoms with Crippen molar-refractivity contribution in [3.63, 3.8) is 0 Å². The van der Waals surface area contributed by atoms with Gasteiger partial charge in [-0.05, 0) is 103 Å². The van der Waals surface area contributed by atoms with Gasteiger partial charge in [-0.15, -0.1) is 23.2 Å². The smallest absolute Gasteiger partial charge is 1.00 e. The standard InChI is InChI=1S/C28H30O3.C28H28O3.CH2Cl2.B.ClH.Na.H2O.H/c2*1-4-5-6-9-16-30-28(29)22-11-8-7-10-21(22)27-23-14-12-19(2)17-25(23)31-26-18-20(3)13-15-24(26)27;2-1-3;;;;;/h7-8,10-15,17-18,27H,4-6,9,16H2,1-3H3;7-8,10-15,17-18H,2,4-6,9,16H2,1,3H3;1H2;;1H;;1H2;/q;;;;;+1;;-1/p-1. The van der Waals surface area contributed by atoms with Crippen LogP contribution in [0, 0.1) is 20.8 Å². The molecule has 0 saturated heterocycles. The van der Waals surface area contributed by atoms with E-state index < -0.39 is 0 Å². The van der Waals surface area contributed by atoms with Crippen molar-refractivity contribution in [1.29, 1.82) is 0 Å². The molecule has 0 saturated carbocycles. The van der Waals surface area contributed by atoms with Crippen molar-refractivity contribution in [2.75, 3.05) is 18.6 Å². The van der Waals surface area contributed by atoms with Crippen molar-refractivity contribution < 1.29 is 77.4 Å². The van der Waals surface area contributed by atoms with E-state index in [0.717, 1.165) is 128 Å². The summed E-state index contributed by atoms with van der Waals surface area (Å²) in [5.41, 5.74) is 10.5. The summed E-state index contributed by atoms with van der Waals surface area (Å²) in [5.74, 6) is 2.63. The van der Waals surface area contributed by atoms with E-state index in [1.165, 1.54) is 6.42 Å². The van der Waals surface area contributed by atoms with E-state index in [1.807, 2.05) is 79.7 Å². The second-order valence-corrected chi connectivity index (χ2v) is 17.4. The fraction of sp³-hybridized carbons (Fsp3) is 0.298. The Morgan fingerprint density at radius 2 is 1.06 bits per heavy atom. The van der Waals surface area contributed by atoms with Crippen LogP contribution in [0.25, 0.3) is 12.2 Å². The molecule has 6 aromatic carbocycles. The Hall–Kier alpha value is -4.51. The van der Waals surface area contributed by atoms with Gasteiger partial charge in [-0.3, -0.25) is 0 Å². The van der Waals surface area contributed by atoms with Crippen molar-refractivity contribution in [2.45, 2.75) is 91.9 Å². The van der Waals surface area contributed by atoms with Crippen LogP contribution in [0.3, 0.4) is 0 Å². The van der Waals surface area contributed by atoms with E-state index in [1.54, 1.807) is 0 Å². The predicted octanol–water partition coefficient (Wildman–Crippen LogP) is 7.16. The van der Waals surface area contributed by atoms with Gasteiger partial charge in [0, 0.05) is 41.8 Å². The molecule has 0 bridgehead atoms. The Balaban J connectivity index is 0.000000621. The minimum Gasteiger partial charge on any atom is -1.00 e. The fourth-order valence-corrected chi connectivity index (χ4v) is 8.25. The zero-order valence-electron chi connectivity index (χ0n) is 41.8. The molecule has 0 spiro atoms. The average Bonchev–Trinajstić information content (AvgIpc) is 3.30. The Kier molecular flexibility index (Phi) is 26.6. The number of esters is 2. The summed E-state index contributed by atoms with van der Waals surface area (Å²) in [5, 5.41) is 2.03. The van der Waals surface area contributed by atoms with Crippen LogP contribution in [-0.2, 0) is 9.47 Å². The van der Waals surface area contributed by atoms with Crippen LogP contribution in [0.15, 0.2) is 121 Å². The normalized spacial score (nSPS) is 11.3. The Labute approximate surface area is 450 Å². The molecule has 0 aromatic heterocycles. The van der Waals surface area contributed by atoms with Gasteiger partial charge in [-0.25, -0.2) is 9.59 Å². The molecule has 0 aliphatic carbocycles. The first-order valence-corrected chi connectivity index (χ1v) is 23.8. The SMILES string of the molecule is C=c1ccc2c(c1)Oc1cc(C)ccc1C=2c1ccccc1C(=O)OCCCCCC.CCCCCCOC(=O)c1ccccc1C1c2ccc(C)cc2Oc2cc(C)ccc21.ClCCl.O.[B].[Cl-].[H-].[Na+]. The zero-order valence-corrected chi connectivity index (χ0v) is 45.0. The molecule has 2 heterocycles. The molecule has 359 valence electrons. The molecule has 6 aromatic rings. The minimum atomic E-state index is -0.282. The van der Waals surface area contributed by atoms with Gasteiger partial charge in [0.25, 0.3) is 0 Å². The number of halogens is 3. The van der Waals surface area contributed by atoms with E-state index in [9.17, 15) is 9.59 Å². The van der Waals surface area contributed by atoms with Crippen LogP contribution >= 0.6 is 23.2 Å². The second-order valence-electron chi connectivity index (χ2n) is 16.6. The number of fused-ring (bicyclic) bond motifs is 4. The number of alkyl halides is 2. The molecular weight excluding hydrogens is 937 g/mol. The summed E-state index contributed by atoms with van der Waals surface area (Å²) in [6.07, 6.45) is 8.61. The maximum absolute atomic E-state index is 13.0. The van der Waals surface area contributed by atoms with Crippen LogP contribution in [0.5, 0.6) is 23.0 Å². The van der Waals surface area contributed by atoms with Gasteiger partial charge in [-0.2, -0.15) is 0 Å². The van der Waals surface area contributed by atoms with E-state index in [2.05, 4.69) is 82.8 Å². The van der Waals surface area contributed by atoms with Gasteiger partial charge in [0.1, 0.15) is 23.0 Å². The molecule has 7 nitrogen and oxygen atoms in total. The third kappa shape index (κ3) is 15.7. The number of rotatable bonds is 14. The Morgan fingerprint density at radius 3 is 1.62 bits per heavy atom. The van der Waals surface area contributed by atoms with Gasteiger partial charge < -0.3 is 38.3 Å². The number of hydrogen-bond donors (Lipinski definition) is 0. The van der Waals surface area contributed by atoms with E-state index in [0.29, 0.717) is 24.3 Å². The van der Waals surface area contributed by atoms with E-state index in [4.69, 9.17) is 42.1 Å². The number of hydrogen-bond acceptors (Lipinski definition) is 6.